The molecule has 1 saturated carbocycles. The zero-order chi connectivity index (χ0) is 15.4. The number of rotatable bonds is 5. The first-order valence-electron chi connectivity index (χ1n) is 7.80. The van der Waals surface area contributed by atoms with E-state index in [2.05, 4.69) is 6.92 Å². The van der Waals surface area contributed by atoms with Crippen LogP contribution in [0.15, 0.2) is 12.1 Å². The predicted octanol–water partition coefficient (Wildman–Crippen LogP) is 4.47. The Bertz CT molecular complexity index is 467. The Morgan fingerprint density at radius 3 is 2.33 bits per heavy atom. The minimum Gasteiger partial charge on any atom is -0.396 e. The van der Waals surface area contributed by atoms with Gasteiger partial charge < -0.3 is 5.11 Å². The zero-order valence-electron chi connectivity index (χ0n) is 12.4. The molecule has 1 atom stereocenters. The molecule has 1 N–H and O–H groups in total. The lowest BCUT2D eigenvalue weighted by Gasteiger charge is -2.33. The first-order valence-corrected chi connectivity index (χ1v) is 7.80. The quantitative estimate of drug-likeness (QED) is 0.795. The molecule has 0 radical (unpaired) electrons. The van der Waals surface area contributed by atoms with Crippen LogP contribution < -0.4 is 0 Å². The van der Waals surface area contributed by atoms with E-state index in [0.717, 1.165) is 37.7 Å². The summed E-state index contributed by atoms with van der Waals surface area (Å²) in [6.45, 7) is 2.14. The highest BCUT2D eigenvalue weighted by Gasteiger charge is 2.28. The van der Waals surface area contributed by atoms with Gasteiger partial charge in [0.15, 0.2) is 17.5 Å². The van der Waals surface area contributed by atoms with Crippen LogP contribution in [0, 0.1) is 35.2 Å². The molecule has 1 fully saturated rings. The lowest BCUT2D eigenvalue weighted by atomic mass is 9.73. The van der Waals surface area contributed by atoms with Crippen molar-refractivity contribution in [1.82, 2.24) is 0 Å². The van der Waals surface area contributed by atoms with Crippen LogP contribution in [0.2, 0.25) is 0 Å². The molecule has 0 amide bonds. The topological polar surface area (TPSA) is 20.2 Å². The highest BCUT2D eigenvalue weighted by atomic mass is 19.2. The van der Waals surface area contributed by atoms with E-state index in [1.807, 2.05) is 0 Å². The largest absolute Gasteiger partial charge is 0.396 e. The third kappa shape index (κ3) is 3.79. The van der Waals surface area contributed by atoms with Gasteiger partial charge in [0.1, 0.15) is 0 Å². The Balaban J connectivity index is 2.04. The van der Waals surface area contributed by atoms with Gasteiger partial charge in [-0.05, 0) is 48.6 Å². The number of hydrogen-bond donors (Lipinski definition) is 1. The number of hydrogen-bond acceptors (Lipinski definition) is 1. The van der Waals surface area contributed by atoms with E-state index in [0.29, 0.717) is 5.92 Å². The molecule has 118 valence electrons. The molecule has 0 heterocycles. The molecule has 0 aromatic heterocycles. The minimum absolute atomic E-state index is 0.0418. The van der Waals surface area contributed by atoms with E-state index in [1.165, 1.54) is 12.5 Å². The fourth-order valence-electron chi connectivity index (χ4n) is 3.45. The molecule has 0 saturated heterocycles. The maximum Gasteiger partial charge on any atom is 0.194 e. The molecule has 2 rings (SSSR count). The Kier molecular flexibility index (Phi) is 5.68. The lowest BCUT2D eigenvalue weighted by Crippen LogP contribution is -2.26. The number of benzene rings is 1. The van der Waals surface area contributed by atoms with Gasteiger partial charge in [0.25, 0.3) is 0 Å². The first kappa shape index (κ1) is 16.3. The summed E-state index contributed by atoms with van der Waals surface area (Å²) in [7, 11) is 0. The van der Waals surface area contributed by atoms with Crippen molar-refractivity contribution in [2.24, 2.45) is 17.8 Å². The average molecular weight is 300 g/mol. The van der Waals surface area contributed by atoms with Gasteiger partial charge in [-0.3, -0.25) is 0 Å². The van der Waals surface area contributed by atoms with E-state index in [4.69, 9.17) is 0 Å². The van der Waals surface area contributed by atoms with Crippen molar-refractivity contribution >= 4 is 0 Å². The minimum atomic E-state index is -1.42. The number of aliphatic hydroxyl groups is 1. The SMILES string of the molecule is CC[C@H]1CC[C@H](C(CO)Cc2ccc(F)c(F)c2F)CC1. The monoisotopic (exact) mass is 300 g/mol. The van der Waals surface area contributed by atoms with Crippen molar-refractivity contribution in [2.45, 2.75) is 45.4 Å². The van der Waals surface area contributed by atoms with Crippen molar-refractivity contribution in [3.63, 3.8) is 0 Å². The van der Waals surface area contributed by atoms with Crippen LogP contribution in [0.4, 0.5) is 13.2 Å². The van der Waals surface area contributed by atoms with E-state index in [9.17, 15) is 18.3 Å². The maximum absolute atomic E-state index is 13.7. The van der Waals surface area contributed by atoms with Gasteiger partial charge in [0, 0.05) is 6.61 Å². The third-order valence-corrected chi connectivity index (χ3v) is 4.97. The van der Waals surface area contributed by atoms with Gasteiger partial charge in [0.05, 0.1) is 0 Å². The molecule has 1 unspecified atom stereocenters. The summed E-state index contributed by atoms with van der Waals surface area (Å²) in [5.41, 5.74) is 0.158. The van der Waals surface area contributed by atoms with Gasteiger partial charge in [-0.2, -0.15) is 0 Å². The van der Waals surface area contributed by atoms with Gasteiger partial charge in [-0.25, -0.2) is 13.2 Å². The van der Waals surface area contributed by atoms with E-state index in [1.54, 1.807) is 0 Å². The molecule has 0 spiro atoms. The van der Waals surface area contributed by atoms with Crippen LogP contribution in [-0.2, 0) is 6.42 Å². The van der Waals surface area contributed by atoms with Crippen molar-refractivity contribution in [1.29, 1.82) is 0 Å². The van der Waals surface area contributed by atoms with E-state index in [-0.39, 0.29) is 24.5 Å². The summed E-state index contributed by atoms with van der Waals surface area (Å²) >= 11 is 0. The summed E-state index contributed by atoms with van der Waals surface area (Å²) < 4.78 is 40.0. The van der Waals surface area contributed by atoms with Crippen LogP contribution in [0.1, 0.15) is 44.6 Å². The molecular formula is C17H23F3O. The van der Waals surface area contributed by atoms with Crippen molar-refractivity contribution in [3.8, 4) is 0 Å². The van der Waals surface area contributed by atoms with Gasteiger partial charge >= 0.3 is 0 Å². The highest BCUT2D eigenvalue weighted by molar-refractivity contribution is 5.21. The molecule has 1 aromatic carbocycles. The second-order valence-corrected chi connectivity index (χ2v) is 6.17. The standard InChI is InChI=1S/C17H23F3O/c1-2-11-3-5-12(6-4-11)14(10-21)9-13-7-8-15(18)17(20)16(13)19/h7-8,11-12,14,21H,2-6,9-10H2,1H3/t11-,12-,14?. The summed E-state index contributed by atoms with van der Waals surface area (Å²) in [4.78, 5) is 0. The van der Waals surface area contributed by atoms with Crippen LogP contribution in [-0.4, -0.2) is 11.7 Å². The van der Waals surface area contributed by atoms with Crippen LogP contribution in [0.25, 0.3) is 0 Å². The zero-order valence-corrected chi connectivity index (χ0v) is 12.4. The van der Waals surface area contributed by atoms with Gasteiger partial charge in [0.2, 0.25) is 0 Å². The third-order valence-electron chi connectivity index (χ3n) is 4.97. The summed E-state index contributed by atoms with van der Waals surface area (Å²) in [5.74, 6) is -2.69. The second-order valence-electron chi connectivity index (χ2n) is 6.17. The maximum atomic E-state index is 13.7. The molecule has 1 aromatic rings. The molecule has 1 nitrogen and oxygen atoms in total. The Morgan fingerprint density at radius 2 is 1.76 bits per heavy atom. The molecule has 21 heavy (non-hydrogen) atoms. The van der Waals surface area contributed by atoms with Crippen molar-refractivity contribution in [3.05, 3.63) is 35.1 Å². The van der Waals surface area contributed by atoms with Gasteiger partial charge in [-0.1, -0.05) is 32.3 Å². The number of aliphatic hydroxyl groups excluding tert-OH is 1. The summed E-state index contributed by atoms with van der Waals surface area (Å²) in [6, 6.07) is 2.24. The van der Waals surface area contributed by atoms with Crippen LogP contribution in [0.5, 0.6) is 0 Å². The first-order chi connectivity index (χ1) is 10.1. The normalized spacial score (nSPS) is 24.0. The van der Waals surface area contributed by atoms with Crippen LogP contribution in [0.3, 0.4) is 0 Å². The average Bonchev–Trinajstić information content (AvgIpc) is 2.52. The molecular weight excluding hydrogens is 277 g/mol. The van der Waals surface area contributed by atoms with Gasteiger partial charge in [-0.15, -0.1) is 0 Å². The van der Waals surface area contributed by atoms with Crippen molar-refractivity contribution < 1.29 is 18.3 Å². The molecule has 0 aliphatic heterocycles. The van der Waals surface area contributed by atoms with E-state index >= 15 is 0 Å². The molecule has 1 aliphatic carbocycles. The second kappa shape index (κ2) is 7.30. The molecule has 1 aliphatic rings. The predicted molar refractivity (Wildman–Crippen MR) is 76.3 cm³/mol. The lowest BCUT2D eigenvalue weighted by molar-refractivity contribution is 0.129. The fourth-order valence-corrected chi connectivity index (χ4v) is 3.45. The smallest absolute Gasteiger partial charge is 0.194 e. The Labute approximate surface area is 124 Å². The summed E-state index contributed by atoms with van der Waals surface area (Å²) in [5, 5.41) is 9.59. The van der Waals surface area contributed by atoms with Crippen LogP contribution >= 0.6 is 0 Å². The Hall–Kier alpha value is -1.03. The van der Waals surface area contributed by atoms with E-state index < -0.39 is 17.5 Å². The van der Waals surface area contributed by atoms with Crippen molar-refractivity contribution in [2.75, 3.05) is 6.61 Å². The Morgan fingerprint density at radius 1 is 1.10 bits per heavy atom. The summed E-state index contributed by atoms with van der Waals surface area (Å²) in [6.07, 6.45) is 5.76. The highest BCUT2D eigenvalue weighted by Crippen LogP contribution is 2.36. The molecule has 0 bridgehead atoms. The fraction of sp³-hybridized carbons (Fsp3) is 0.647. The molecule has 4 heteroatoms. The number of halogens is 3.